The van der Waals surface area contributed by atoms with Crippen LogP contribution in [0.15, 0.2) is 42.5 Å². The maximum atomic E-state index is 13.2. The van der Waals surface area contributed by atoms with Gasteiger partial charge >= 0.3 is 6.18 Å². The van der Waals surface area contributed by atoms with E-state index in [2.05, 4.69) is 5.32 Å². The Bertz CT molecular complexity index is 605. The van der Waals surface area contributed by atoms with Crippen LogP contribution < -0.4 is 5.32 Å². The molecule has 0 saturated carbocycles. The second-order valence-electron chi connectivity index (χ2n) is 4.41. The zero-order chi connectivity index (χ0) is 14.8. The molecule has 0 atom stereocenters. The molecule has 0 aliphatic carbocycles. The van der Waals surface area contributed by atoms with Crippen molar-refractivity contribution in [2.45, 2.75) is 12.7 Å². The van der Waals surface area contributed by atoms with Gasteiger partial charge in [0, 0.05) is 6.54 Å². The highest BCUT2D eigenvalue weighted by atomic mass is 19.4. The van der Waals surface area contributed by atoms with Gasteiger partial charge in [0.1, 0.15) is 5.82 Å². The summed E-state index contributed by atoms with van der Waals surface area (Å²) >= 11 is 0. The molecule has 5 heteroatoms. The summed E-state index contributed by atoms with van der Waals surface area (Å²) in [6.45, 7) is 0.378. The smallest absolute Gasteiger partial charge is 0.316 e. The van der Waals surface area contributed by atoms with Gasteiger partial charge in [-0.15, -0.1) is 0 Å². The van der Waals surface area contributed by atoms with Crippen LogP contribution in [0.1, 0.15) is 11.1 Å². The first-order valence-corrected chi connectivity index (χ1v) is 6.02. The van der Waals surface area contributed by atoms with Crippen molar-refractivity contribution in [2.24, 2.45) is 0 Å². The van der Waals surface area contributed by atoms with Gasteiger partial charge in [0.05, 0.1) is 5.56 Å². The van der Waals surface area contributed by atoms with E-state index in [0.717, 1.165) is 12.1 Å². The quantitative estimate of drug-likeness (QED) is 0.831. The Balaban J connectivity index is 2.51. The molecule has 0 amide bonds. The highest BCUT2D eigenvalue weighted by molar-refractivity contribution is 5.68. The molecule has 0 heterocycles. The topological polar surface area (TPSA) is 12.0 Å². The van der Waals surface area contributed by atoms with E-state index in [4.69, 9.17) is 0 Å². The van der Waals surface area contributed by atoms with Gasteiger partial charge in [-0.2, -0.15) is 13.2 Å². The summed E-state index contributed by atoms with van der Waals surface area (Å²) in [7, 11) is 1.70. The lowest BCUT2D eigenvalue weighted by Crippen LogP contribution is -2.08. The fourth-order valence-corrected chi connectivity index (χ4v) is 2.04. The molecule has 2 rings (SSSR count). The molecule has 0 aromatic heterocycles. The minimum Gasteiger partial charge on any atom is -0.316 e. The van der Waals surface area contributed by atoms with E-state index in [1.165, 1.54) is 24.3 Å². The lowest BCUT2D eigenvalue weighted by Gasteiger charge is -2.12. The summed E-state index contributed by atoms with van der Waals surface area (Å²) in [5.41, 5.74) is 0.915. The van der Waals surface area contributed by atoms with Gasteiger partial charge in [-0.05, 0) is 48.0 Å². The minimum absolute atomic E-state index is 0.378. The summed E-state index contributed by atoms with van der Waals surface area (Å²) in [5.74, 6) is -0.411. The predicted molar refractivity (Wildman–Crippen MR) is 69.6 cm³/mol. The zero-order valence-electron chi connectivity index (χ0n) is 10.8. The molecule has 0 aliphatic rings. The molecule has 0 saturated heterocycles. The lowest BCUT2D eigenvalue weighted by atomic mass is 9.97. The van der Waals surface area contributed by atoms with Crippen LogP contribution >= 0.6 is 0 Å². The highest BCUT2D eigenvalue weighted by Crippen LogP contribution is 2.33. The first-order chi connectivity index (χ1) is 9.41. The summed E-state index contributed by atoms with van der Waals surface area (Å²) in [4.78, 5) is 0. The van der Waals surface area contributed by atoms with E-state index in [-0.39, 0.29) is 0 Å². The van der Waals surface area contributed by atoms with Crippen LogP contribution in [0.25, 0.3) is 11.1 Å². The van der Waals surface area contributed by atoms with Crippen molar-refractivity contribution in [2.75, 3.05) is 7.05 Å². The van der Waals surface area contributed by atoms with Gasteiger partial charge in [-0.3, -0.25) is 0 Å². The molecule has 1 nitrogen and oxygen atoms in total. The number of benzene rings is 2. The molecule has 2 aromatic carbocycles. The van der Waals surface area contributed by atoms with Crippen LogP contribution in [-0.2, 0) is 12.7 Å². The number of hydrogen-bond donors (Lipinski definition) is 1. The first-order valence-electron chi connectivity index (χ1n) is 6.02. The van der Waals surface area contributed by atoms with Crippen molar-refractivity contribution in [3.8, 4) is 11.1 Å². The van der Waals surface area contributed by atoms with E-state index in [0.29, 0.717) is 23.2 Å². The third-order valence-corrected chi connectivity index (χ3v) is 2.94. The van der Waals surface area contributed by atoms with Crippen molar-refractivity contribution in [3.05, 3.63) is 59.4 Å². The average molecular weight is 283 g/mol. The molecule has 0 bridgehead atoms. The van der Waals surface area contributed by atoms with Gasteiger partial charge in [0.2, 0.25) is 0 Å². The Morgan fingerprint density at radius 1 is 1.05 bits per heavy atom. The summed E-state index contributed by atoms with van der Waals surface area (Å²) < 4.78 is 51.4. The third-order valence-electron chi connectivity index (χ3n) is 2.94. The average Bonchev–Trinajstić information content (AvgIpc) is 2.38. The van der Waals surface area contributed by atoms with Crippen LogP contribution in [0.2, 0.25) is 0 Å². The monoisotopic (exact) mass is 283 g/mol. The van der Waals surface area contributed by atoms with Gasteiger partial charge < -0.3 is 5.32 Å². The van der Waals surface area contributed by atoms with Gasteiger partial charge in [0.15, 0.2) is 0 Å². The third kappa shape index (κ3) is 3.17. The number of alkyl halides is 3. The molecular weight excluding hydrogens is 270 g/mol. The maximum Gasteiger partial charge on any atom is 0.416 e. The minimum atomic E-state index is -4.39. The van der Waals surface area contributed by atoms with E-state index in [1.54, 1.807) is 13.1 Å². The standard InChI is InChI=1S/C15H13F4N/c1-20-9-11-8-13(16)5-6-14(11)10-3-2-4-12(7-10)15(17,18)19/h2-8,20H,9H2,1H3. The summed E-state index contributed by atoms with van der Waals surface area (Å²) in [5, 5.41) is 2.88. The molecular formula is C15H13F4N. The Kier molecular flexibility index (Phi) is 4.09. The molecule has 0 radical (unpaired) electrons. The molecule has 106 valence electrons. The van der Waals surface area contributed by atoms with Gasteiger partial charge in [0.25, 0.3) is 0 Å². The first kappa shape index (κ1) is 14.5. The summed E-state index contributed by atoms with van der Waals surface area (Å²) in [6, 6.07) is 9.10. The van der Waals surface area contributed by atoms with Crippen molar-refractivity contribution in [3.63, 3.8) is 0 Å². The number of nitrogens with one attached hydrogen (secondary N) is 1. The molecule has 0 unspecified atom stereocenters. The van der Waals surface area contributed by atoms with Crippen molar-refractivity contribution in [1.29, 1.82) is 0 Å². The molecule has 1 N–H and O–H groups in total. The Hall–Kier alpha value is -1.88. The van der Waals surface area contributed by atoms with Crippen LogP contribution in [0.4, 0.5) is 17.6 Å². The molecule has 2 aromatic rings. The lowest BCUT2D eigenvalue weighted by molar-refractivity contribution is -0.137. The predicted octanol–water partition coefficient (Wildman–Crippen LogP) is 4.23. The van der Waals surface area contributed by atoms with Crippen LogP contribution in [-0.4, -0.2) is 7.05 Å². The van der Waals surface area contributed by atoms with Gasteiger partial charge in [-0.1, -0.05) is 18.2 Å². The normalized spacial score (nSPS) is 11.7. The van der Waals surface area contributed by atoms with Crippen LogP contribution in [0, 0.1) is 5.82 Å². The largest absolute Gasteiger partial charge is 0.416 e. The number of rotatable bonds is 3. The fourth-order valence-electron chi connectivity index (χ4n) is 2.04. The van der Waals surface area contributed by atoms with Crippen molar-refractivity contribution < 1.29 is 17.6 Å². The van der Waals surface area contributed by atoms with Crippen molar-refractivity contribution >= 4 is 0 Å². The van der Waals surface area contributed by atoms with E-state index in [1.807, 2.05) is 0 Å². The summed E-state index contributed by atoms with van der Waals surface area (Å²) in [6.07, 6.45) is -4.39. The SMILES string of the molecule is CNCc1cc(F)ccc1-c1cccc(C(F)(F)F)c1. The Labute approximate surface area is 114 Å². The molecule has 0 fully saturated rings. The number of hydrogen-bond acceptors (Lipinski definition) is 1. The molecule has 0 spiro atoms. The highest BCUT2D eigenvalue weighted by Gasteiger charge is 2.30. The van der Waals surface area contributed by atoms with Crippen LogP contribution in [0.5, 0.6) is 0 Å². The fraction of sp³-hybridized carbons (Fsp3) is 0.200. The van der Waals surface area contributed by atoms with E-state index < -0.39 is 17.6 Å². The van der Waals surface area contributed by atoms with Crippen LogP contribution in [0.3, 0.4) is 0 Å². The molecule has 20 heavy (non-hydrogen) atoms. The second kappa shape index (κ2) is 5.63. The molecule has 0 aliphatic heterocycles. The van der Waals surface area contributed by atoms with Crippen molar-refractivity contribution in [1.82, 2.24) is 5.32 Å². The van der Waals surface area contributed by atoms with E-state index >= 15 is 0 Å². The second-order valence-corrected chi connectivity index (χ2v) is 4.41. The number of halogens is 4. The maximum absolute atomic E-state index is 13.2. The Morgan fingerprint density at radius 3 is 2.45 bits per heavy atom. The van der Waals surface area contributed by atoms with Gasteiger partial charge in [-0.25, -0.2) is 4.39 Å². The zero-order valence-corrected chi connectivity index (χ0v) is 10.8. The Morgan fingerprint density at radius 2 is 1.80 bits per heavy atom. The van der Waals surface area contributed by atoms with E-state index in [9.17, 15) is 17.6 Å².